The highest BCUT2D eigenvalue weighted by Gasteiger charge is 2.06. The number of nitrogens with one attached hydrogen (secondary N) is 1. The van der Waals surface area contributed by atoms with Gasteiger partial charge in [-0.25, -0.2) is 4.98 Å². The third kappa shape index (κ3) is 3.83. The number of benzene rings is 1. The average Bonchev–Trinajstić information content (AvgIpc) is 2.99. The Kier molecular flexibility index (Phi) is 4.47. The Morgan fingerprint density at radius 1 is 1.09 bits per heavy atom. The Labute approximate surface area is 135 Å². The van der Waals surface area contributed by atoms with Crippen molar-refractivity contribution < 1.29 is 4.79 Å². The molecule has 0 aliphatic heterocycles. The van der Waals surface area contributed by atoms with Crippen molar-refractivity contribution in [1.82, 2.24) is 19.9 Å². The molecule has 3 rings (SSSR count). The van der Waals surface area contributed by atoms with E-state index in [0.29, 0.717) is 12.1 Å². The van der Waals surface area contributed by atoms with Gasteiger partial charge in [0.2, 0.25) is 0 Å². The summed E-state index contributed by atoms with van der Waals surface area (Å²) in [5.74, 6) is 0.878. The minimum Gasteiger partial charge on any atom is -0.346 e. The predicted octanol–water partition coefficient (Wildman–Crippen LogP) is 2.56. The molecule has 2 aromatic heterocycles. The van der Waals surface area contributed by atoms with Crippen LogP contribution < -0.4 is 5.32 Å². The molecule has 0 bridgehead atoms. The summed E-state index contributed by atoms with van der Waals surface area (Å²) in [5, 5.41) is 2.87. The molecule has 2 heterocycles. The number of carbonyl (C=O) groups excluding carboxylic acids is 1. The van der Waals surface area contributed by atoms with Crippen molar-refractivity contribution in [3.63, 3.8) is 0 Å². The van der Waals surface area contributed by atoms with Gasteiger partial charge in [0.05, 0.1) is 12.2 Å². The first kappa shape index (κ1) is 15.0. The van der Waals surface area contributed by atoms with Crippen LogP contribution in [0, 0.1) is 6.92 Å². The molecule has 0 unspecified atom stereocenters. The van der Waals surface area contributed by atoms with Gasteiger partial charge < -0.3 is 9.88 Å². The van der Waals surface area contributed by atoms with Crippen LogP contribution in [0.5, 0.6) is 0 Å². The first-order valence-corrected chi connectivity index (χ1v) is 7.47. The van der Waals surface area contributed by atoms with Crippen LogP contribution in [-0.2, 0) is 13.1 Å². The Hall–Kier alpha value is -2.95. The largest absolute Gasteiger partial charge is 0.346 e. The molecule has 0 aliphatic carbocycles. The van der Waals surface area contributed by atoms with Crippen LogP contribution in [0.2, 0.25) is 0 Å². The number of aromatic nitrogens is 3. The predicted molar refractivity (Wildman–Crippen MR) is 87.9 cm³/mol. The lowest BCUT2D eigenvalue weighted by Gasteiger charge is -2.07. The standard InChI is InChI=1S/C18H18N4O/c1-14-19-10-11-22(14)13-15-5-7-16(8-6-15)18(23)21-12-17-4-2-3-9-20-17/h2-11H,12-13H2,1H3,(H,21,23). The summed E-state index contributed by atoms with van der Waals surface area (Å²) < 4.78 is 2.07. The van der Waals surface area contributed by atoms with Crippen LogP contribution in [0.3, 0.4) is 0 Å². The number of pyridine rings is 1. The number of amides is 1. The number of imidazole rings is 1. The maximum absolute atomic E-state index is 12.1. The fourth-order valence-corrected chi connectivity index (χ4v) is 2.30. The van der Waals surface area contributed by atoms with Crippen molar-refractivity contribution in [3.8, 4) is 0 Å². The van der Waals surface area contributed by atoms with Gasteiger partial charge in [-0.2, -0.15) is 0 Å². The highest BCUT2D eigenvalue weighted by atomic mass is 16.1. The molecule has 116 valence electrons. The Bertz CT molecular complexity index is 778. The number of aryl methyl sites for hydroxylation is 1. The summed E-state index contributed by atoms with van der Waals surface area (Å²) in [7, 11) is 0. The van der Waals surface area contributed by atoms with Gasteiger partial charge >= 0.3 is 0 Å². The lowest BCUT2D eigenvalue weighted by molar-refractivity contribution is 0.0950. The fraction of sp³-hybridized carbons (Fsp3) is 0.167. The summed E-state index contributed by atoms with van der Waals surface area (Å²) in [4.78, 5) is 20.5. The van der Waals surface area contributed by atoms with Crippen molar-refractivity contribution >= 4 is 5.91 Å². The maximum atomic E-state index is 12.1. The Morgan fingerprint density at radius 3 is 2.57 bits per heavy atom. The Morgan fingerprint density at radius 2 is 1.91 bits per heavy atom. The van der Waals surface area contributed by atoms with Gasteiger partial charge in [-0.1, -0.05) is 18.2 Å². The van der Waals surface area contributed by atoms with E-state index >= 15 is 0 Å². The quantitative estimate of drug-likeness (QED) is 0.788. The molecular formula is C18H18N4O. The summed E-state index contributed by atoms with van der Waals surface area (Å²) in [6, 6.07) is 13.3. The summed E-state index contributed by atoms with van der Waals surface area (Å²) in [6.07, 6.45) is 5.45. The van der Waals surface area contributed by atoms with E-state index < -0.39 is 0 Å². The van der Waals surface area contributed by atoms with Crippen LogP contribution in [0.4, 0.5) is 0 Å². The molecule has 1 N–H and O–H groups in total. The van der Waals surface area contributed by atoms with E-state index in [1.807, 2.05) is 55.6 Å². The zero-order valence-electron chi connectivity index (χ0n) is 12.9. The highest BCUT2D eigenvalue weighted by Crippen LogP contribution is 2.08. The van der Waals surface area contributed by atoms with E-state index in [2.05, 4.69) is 19.9 Å². The molecule has 5 nitrogen and oxygen atoms in total. The minimum absolute atomic E-state index is 0.0963. The van der Waals surface area contributed by atoms with E-state index in [1.165, 1.54) is 0 Å². The van der Waals surface area contributed by atoms with Crippen LogP contribution in [0.25, 0.3) is 0 Å². The number of rotatable bonds is 5. The molecule has 0 radical (unpaired) electrons. The second kappa shape index (κ2) is 6.87. The molecule has 1 aromatic carbocycles. The average molecular weight is 306 g/mol. The number of hydrogen-bond donors (Lipinski definition) is 1. The van der Waals surface area contributed by atoms with Crippen LogP contribution >= 0.6 is 0 Å². The van der Waals surface area contributed by atoms with Gasteiger partial charge in [-0.15, -0.1) is 0 Å². The molecule has 3 aromatic rings. The normalized spacial score (nSPS) is 10.5. The number of hydrogen-bond acceptors (Lipinski definition) is 3. The lowest BCUT2D eigenvalue weighted by Crippen LogP contribution is -2.23. The van der Waals surface area contributed by atoms with Gasteiger partial charge in [0, 0.05) is 30.7 Å². The third-order valence-electron chi connectivity index (χ3n) is 3.65. The maximum Gasteiger partial charge on any atom is 0.251 e. The molecule has 23 heavy (non-hydrogen) atoms. The van der Waals surface area contributed by atoms with Gasteiger partial charge in [0.15, 0.2) is 0 Å². The highest BCUT2D eigenvalue weighted by molar-refractivity contribution is 5.94. The number of nitrogens with zero attached hydrogens (tertiary/aromatic N) is 3. The SMILES string of the molecule is Cc1nccn1Cc1ccc(C(=O)NCc2ccccn2)cc1. The summed E-state index contributed by atoms with van der Waals surface area (Å²) in [6.45, 7) is 3.15. The first-order chi connectivity index (χ1) is 11.2. The van der Waals surface area contributed by atoms with Crippen LogP contribution in [0.1, 0.15) is 27.4 Å². The van der Waals surface area contributed by atoms with Crippen LogP contribution in [0.15, 0.2) is 61.1 Å². The summed E-state index contributed by atoms with van der Waals surface area (Å²) in [5.41, 5.74) is 2.62. The molecule has 0 atom stereocenters. The fourth-order valence-electron chi connectivity index (χ4n) is 2.30. The van der Waals surface area contributed by atoms with Gasteiger partial charge in [-0.3, -0.25) is 9.78 Å². The third-order valence-corrected chi connectivity index (χ3v) is 3.65. The second-order valence-corrected chi connectivity index (χ2v) is 5.30. The number of carbonyl (C=O) groups is 1. The van der Waals surface area contributed by atoms with Crippen molar-refractivity contribution in [2.45, 2.75) is 20.0 Å². The molecule has 0 aliphatic rings. The van der Waals surface area contributed by atoms with E-state index in [9.17, 15) is 4.79 Å². The topological polar surface area (TPSA) is 59.8 Å². The molecule has 5 heteroatoms. The summed E-state index contributed by atoms with van der Waals surface area (Å²) >= 11 is 0. The van der Waals surface area contributed by atoms with E-state index in [-0.39, 0.29) is 5.91 Å². The molecular weight excluding hydrogens is 288 g/mol. The zero-order valence-corrected chi connectivity index (χ0v) is 12.9. The minimum atomic E-state index is -0.0963. The smallest absolute Gasteiger partial charge is 0.251 e. The van der Waals surface area contributed by atoms with Crippen molar-refractivity contribution in [3.05, 3.63) is 83.7 Å². The molecule has 0 saturated carbocycles. The Balaban J connectivity index is 1.60. The van der Waals surface area contributed by atoms with E-state index in [0.717, 1.165) is 23.6 Å². The molecule has 0 saturated heterocycles. The van der Waals surface area contributed by atoms with E-state index in [4.69, 9.17) is 0 Å². The van der Waals surface area contributed by atoms with Crippen molar-refractivity contribution in [1.29, 1.82) is 0 Å². The first-order valence-electron chi connectivity index (χ1n) is 7.47. The monoisotopic (exact) mass is 306 g/mol. The zero-order chi connectivity index (χ0) is 16.1. The second-order valence-electron chi connectivity index (χ2n) is 5.30. The van der Waals surface area contributed by atoms with Gasteiger partial charge in [0.25, 0.3) is 5.91 Å². The molecule has 0 fully saturated rings. The van der Waals surface area contributed by atoms with Gasteiger partial charge in [0.1, 0.15) is 5.82 Å². The van der Waals surface area contributed by atoms with E-state index in [1.54, 1.807) is 12.4 Å². The lowest BCUT2D eigenvalue weighted by atomic mass is 10.1. The molecule has 1 amide bonds. The molecule has 0 spiro atoms. The van der Waals surface area contributed by atoms with Crippen molar-refractivity contribution in [2.24, 2.45) is 0 Å². The van der Waals surface area contributed by atoms with Crippen LogP contribution in [-0.4, -0.2) is 20.4 Å². The van der Waals surface area contributed by atoms with Gasteiger partial charge in [-0.05, 0) is 36.8 Å². The van der Waals surface area contributed by atoms with Crippen molar-refractivity contribution in [2.75, 3.05) is 0 Å².